The first-order valence-corrected chi connectivity index (χ1v) is 7.35. The summed E-state index contributed by atoms with van der Waals surface area (Å²) in [5, 5.41) is 5.17. The molecule has 1 N–H and O–H groups in total. The van der Waals surface area contributed by atoms with Crippen molar-refractivity contribution in [1.29, 1.82) is 0 Å². The van der Waals surface area contributed by atoms with Crippen LogP contribution in [0.25, 0.3) is 0 Å². The molecule has 1 aromatic heterocycles. The van der Waals surface area contributed by atoms with Crippen LogP contribution in [0.1, 0.15) is 38.3 Å². The molecule has 3 nitrogen and oxygen atoms in total. The molecule has 1 aromatic rings. The molecule has 0 amide bonds. The molecule has 1 heterocycles. The Labute approximate surface area is 108 Å². The van der Waals surface area contributed by atoms with Crippen molar-refractivity contribution in [2.24, 2.45) is 0 Å². The highest BCUT2D eigenvalue weighted by atomic mass is 32.2. The zero-order valence-electron chi connectivity index (χ0n) is 10.6. The van der Waals surface area contributed by atoms with Gasteiger partial charge >= 0.3 is 0 Å². The second kappa shape index (κ2) is 6.36. The van der Waals surface area contributed by atoms with Crippen molar-refractivity contribution >= 4 is 11.8 Å². The van der Waals surface area contributed by atoms with E-state index in [2.05, 4.69) is 22.2 Å². The molecule has 0 radical (unpaired) electrons. The molecule has 0 bridgehead atoms. The summed E-state index contributed by atoms with van der Waals surface area (Å²) in [7, 11) is 0. The van der Waals surface area contributed by atoms with Gasteiger partial charge in [0.15, 0.2) is 5.16 Å². The zero-order chi connectivity index (χ0) is 12.1. The van der Waals surface area contributed by atoms with Crippen LogP contribution in [0.5, 0.6) is 0 Å². The predicted molar refractivity (Wildman–Crippen MR) is 72.3 cm³/mol. The number of hydrogen-bond acceptors (Lipinski definition) is 4. The lowest BCUT2D eigenvalue weighted by Crippen LogP contribution is -2.34. The van der Waals surface area contributed by atoms with Gasteiger partial charge in [-0.25, -0.2) is 9.97 Å². The first-order valence-electron chi connectivity index (χ1n) is 6.47. The lowest BCUT2D eigenvalue weighted by Gasteiger charge is -2.28. The Morgan fingerprint density at radius 3 is 3.12 bits per heavy atom. The highest BCUT2D eigenvalue weighted by molar-refractivity contribution is 7.99. The summed E-state index contributed by atoms with van der Waals surface area (Å²) in [6.07, 6.45) is 7.04. The van der Waals surface area contributed by atoms with E-state index in [4.69, 9.17) is 0 Å². The fourth-order valence-electron chi connectivity index (χ4n) is 2.36. The Bertz CT molecular complexity index is 354. The number of nitrogens with one attached hydrogen (secondary N) is 1. The summed E-state index contributed by atoms with van der Waals surface area (Å²) >= 11 is 1.85. The molecular weight excluding hydrogens is 230 g/mol. The third-order valence-corrected chi connectivity index (χ3v) is 4.33. The number of aryl methyl sites for hydroxylation is 1. The molecule has 2 rings (SSSR count). The van der Waals surface area contributed by atoms with Crippen molar-refractivity contribution in [2.75, 3.05) is 6.54 Å². The largest absolute Gasteiger partial charge is 0.314 e. The van der Waals surface area contributed by atoms with E-state index in [1.54, 1.807) is 0 Å². The molecule has 1 saturated carbocycles. The Balaban J connectivity index is 1.90. The maximum absolute atomic E-state index is 4.47. The quantitative estimate of drug-likeness (QED) is 0.835. The van der Waals surface area contributed by atoms with E-state index in [-0.39, 0.29) is 0 Å². The van der Waals surface area contributed by atoms with Gasteiger partial charge in [0, 0.05) is 23.2 Å². The minimum absolute atomic E-state index is 0.676. The van der Waals surface area contributed by atoms with E-state index in [1.807, 2.05) is 30.9 Å². The summed E-state index contributed by atoms with van der Waals surface area (Å²) in [5.41, 5.74) is 1.06. The van der Waals surface area contributed by atoms with E-state index in [0.717, 1.165) is 17.4 Å². The van der Waals surface area contributed by atoms with Crippen LogP contribution in [0.3, 0.4) is 0 Å². The summed E-state index contributed by atoms with van der Waals surface area (Å²) in [5.74, 6) is 0. The summed E-state index contributed by atoms with van der Waals surface area (Å²) in [6, 6.07) is 2.64. The van der Waals surface area contributed by atoms with Gasteiger partial charge in [-0.3, -0.25) is 0 Å². The van der Waals surface area contributed by atoms with Gasteiger partial charge in [0.05, 0.1) is 0 Å². The summed E-state index contributed by atoms with van der Waals surface area (Å²) in [6.45, 7) is 5.28. The van der Waals surface area contributed by atoms with Crippen LogP contribution in [0.2, 0.25) is 0 Å². The van der Waals surface area contributed by atoms with Crippen molar-refractivity contribution in [3.63, 3.8) is 0 Å². The van der Waals surface area contributed by atoms with Crippen LogP contribution in [0.4, 0.5) is 0 Å². The van der Waals surface area contributed by atoms with Crippen LogP contribution in [-0.4, -0.2) is 27.8 Å². The molecule has 0 saturated heterocycles. The molecule has 0 spiro atoms. The first kappa shape index (κ1) is 12.8. The van der Waals surface area contributed by atoms with Crippen molar-refractivity contribution in [2.45, 2.75) is 56.0 Å². The molecule has 94 valence electrons. The molecule has 1 fully saturated rings. The Morgan fingerprint density at radius 2 is 2.35 bits per heavy atom. The fraction of sp³-hybridized carbons (Fsp3) is 0.692. The number of nitrogens with zero attached hydrogens (tertiary/aromatic N) is 2. The minimum atomic E-state index is 0.676. The van der Waals surface area contributed by atoms with Gasteiger partial charge in [-0.15, -0.1) is 0 Å². The average Bonchev–Trinajstić information content (AvgIpc) is 2.30. The van der Waals surface area contributed by atoms with Crippen LogP contribution in [-0.2, 0) is 0 Å². The molecule has 2 unspecified atom stereocenters. The van der Waals surface area contributed by atoms with Gasteiger partial charge in [-0.05, 0) is 38.8 Å². The summed E-state index contributed by atoms with van der Waals surface area (Å²) in [4.78, 5) is 8.81. The number of rotatable bonds is 4. The van der Waals surface area contributed by atoms with Gasteiger partial charge < -0.3 is 5.32 Å². The van der Waals surface area contributed by atoms with Crippen molar-refractivity contribution < 1.29 is 0 Å². The first-order chi connectivity index (χ1) is 8.28. The fourth-order valence-corrected chi connectivity index (χ4v) is 3.59. The summed E-state index contributed by atoms with van der Waals surface area (Å²) < 4.78 is 0. The van der Waals surface area contributed by atoms with Crippen molar-refractivity contribution in [3.8, 4) is 0 Å². The molecule has 0 aliphatic heterocycles. The standard InChI is InChI=1S/C13H21N3S/c1-3-14-11-5-4-6-12(9-11)17-13-15-8-7-10(2)16-13/h7-8,11-12,14H,3-6,9H2,1-2H3. The Hall–Kier alpha value is -0.610. The van der Waals surface area contributed by atoms with Crippen LogP contribution in [0, 0.1) is 6.92 Å². The SMILES string of the molecule is CCNC1CCCC(Sc2nccc(C)n2)C1. The molecular formula is C13H21N3S. The molecule has 0 aromatic carbocycles. The monoisotopic (exact) mass is 251 g/mol. The molecule has 1 aliphatic rings. The smallest absolute Gasteiger partial charge is 0.187 e. The van der Waals surface area contributed by atoms with E-state index >= 15 is 0 Å². The number of thioether (sulfide) groups is 1. The van der Waals surface area contributed by atoms with Gasteiger partial charge in [-0.2, -0.15) is 0 Å². The van der Waals surface area contributed by atoms with Crippen LogP contribution < -0.4 is 5.32 Å². The average molecular weight is 251 g/mol. The van der Waals surface area contributed by atoms with Gasteiger partial charge in [0.2, 0.25) is 0 Å². The highest BCUT2D eigenvalue weighted by Crippen LogP contribution is 2.31. The zero-order valence-corrected chi connectivity index (χ0v) is 11.5. The molecule has 2 atom stereocenters. The van der Waals surface area contributed by atoms with Gasteiger partial charge in [0.1, 0.15) is 0 Å². The second-order valence-electron chi connectivity index (χ2n) is 4.64. The highest BCUT2D eigenvalue weighted by Gasteiger charge is 2.22. The maximum Gasteiger partial charge on any atom is 0.187 e. The molecule has 4 heteroatoms. The third kappa shape index (κ3) is 3.96. The van der Waals surface area contributed by atoms with E-state index in [9.17, 15) is 0 Å². The number of aromatic nitrogens is 2. The lowest BCUT2D eigenvalue weighted by molar-refractivity contribution is 0.387. The normalized spacial score (nSPS) is 24.8. The number of hydrogen-bond donors (Lipinski definition) is 1. The van der Waals surface area contributed by atoms with Crippen molar-refractivity contribution in [1.82, 2.24) is 15.3 Å². The van der Waals surface area contributed by atoms with Gasteiger partial charge in [0.25, 0.3) is 0 Å². The van der Waals surface area contributed by atoms with Crippen molar-refractivity contribution in [3.05, 3.63) is 18.0 Å². The Morgan fingerprint density at radius 1 is 1.47 bits per heavy atom. The van der Waals surface area contributed by atoms with E-state index in [1.165, 1.54) is 25.7 Å². The van der Waals surface area contributed by atoms with Crippen LogP contribution >= 0.6 is 11.8 Å². The topological polar surface area (TPSA) is 37.8 Å². The lowest BCUT2D eigenvalue weighted by atomic mass is 9.95. The molecule has 17 heavy (non-hydrogen) atoms. The molecule has 1 aliphatic carbocycles. The third-order valence-electron chi connectivity index (χ3n) is 3.16. The second-order valence-corrected chi connectivity index (χ2v) is 5.91. The van der Waals surface area contributed by atoms with E-state index < -0.39 is 0 Å². The van der Waals surface area contributed by atoms with Crippen LogP contribution in [0.15, 0.2) is 17.4 Å². The van der Waals surface area contributed by atoms with Gasteiger partial charge in [-0.1, -0.05) is 25.1 Å². The Kier molecular flexibility index (Phi) is 4.80. The van der Waals surface area contributed by atoms with E-state index in [0.29, 0.717) is 11.3 Å². The minimum Gasteiger partial charge on any atom is -0.314 e. The maximum atomic E-state index is 4.47. The predicted octanol–water partition coefficient (Wildman–Crippen LogP) is 2.80.